The highest BCUT2D eigenvalue weighted by Gasteiger charge is 2.09. The standard InChI is InChI=1S/C12H12/c1-3-7-11(8-4-1)12-9-5-2-6-10-12/h1,3-4,7-8,12H,2,5,9H2. The van der Waals surface area contributed by atoms with Crippen LogP contribution in [0.15, 0.2) is 30.3 Å². The lowest BCUT2D eigenvalue weighted by molar-refractivity contribution is 0.686. The van der Waals surface area contributed by atoms with Crippen LogP contribution in [0.4, 0.5) is 0 Å². The lowest BCUT2D eigenvalue weighted by atomic mass is 9.91. The molecule has 1 aliphatic rings. The zero-order chi connectivity index (χ0) is 8.23. The van der Waals surface area contributed by atoms with Crippen LogP contribution in [-0.4, -0.2) is 0 Å². The van der Waals surface area contributed by atoms with E-state index in [0.29, 0.717) is 5.92 Å². The molecule has 1 aromatic rings. The summed E-state index contributed by atoms with van der Waals surface area (Å²) < 4.78 is 0. The summed E-state index contributed by atoms with van der Waals surface area (Å²) in [6.07, 6.45) is 3.58. The molecule has 1 aromatic carbocycles. The van der Waals surface area contributed by atoms with E-state index in [2.05, 4.69) is 42.2 Å². The Morgan fingerprint density at radius 3 is 2.67 bits per heavy atom. The minimum absolute atomic E-state index is 0.500. The van der Waals surface area contributed by atoms with E-state index in [1.807, 2.05) is 0 Å². The van der Waals surface area contributed by atoms with Gasteiger partial charge in [-0.05, 0) is 18.4 Å². The third-order valence-electron chi connectivity index (χ3n) is 2.27. The molecule has 0 aliphatic heterocycles. The van der Waals surface area contributed by atoms with Gasteiger partial charge in [-0.2, -0.15) is 0 Å². The Labute approximate surface area is 73.6 Å². The van der Waals surface area contributed by atoms with Gasteiger partial charge in [0.05, 0.1) is 0 Å². The van der Waals surface area contributed by atoms with E-state index in [1.54, 1.807) is 0 Å². The molecule has 0 aromatic heterocycles. The van der Waals surface area contributed by atoms with Gasteiger partial charge in [0.25, 0.3) is 0 Å². The Kier molecular flexibility index (Phi) is 2.14. The van der Waals surface area contributed by atoms with E-state index in [9.17, 15) is 0 Å². The normalized spacial score (nSPS) is 21.2. The molecule has 0 heteroatoms. The average Bonchev–Trinajstić information content (AvgIpc) is 2.21. The van der Waals surface area contributed by atoms with Crippen LogP contribution >= 0.6 is 0 Å². The van der Waals surface area contributed by atoms with Crippen molar-refractivity contribution in [3.8, 4) is 11.8 Å². The second kappa shape index (κ2) is 3.45. The number of hydrogen-bond acceptors (Lipinski definition) is 0. The molecule has 0 nitrogen and oxygen atoms in total. The van der Waals surface area contributed by atoms with Crippen molar-refractivity contribution in [2.75, 3.05) is 0 Å². The van der Waals surface area contributed by atoms with Gasteiger partial charge in [0.15, 0.2) is 0 Å². The molecule has 1 aliphatic carbocycles. The molecule has 0 saturated heterocycles. The SMILES string of the molecule is C1#CC(c2ccccc2)CCC1. The molecule has 0 saturated carbocycles. The van der Waals surface area contributed by atoms with E-state index in [4.69, 9.17) is 0 Å². The summed E-state index contributed by atoms with van der Waals surface area (Å²) in [6, 6.07) is 10.6. The minimum atomic E-state index is 0.500. The summed E-state index contributed by atoms with van der Waals surface area (Å²) in [4.78, 5) is 0. The molecule has 0 fully saturated rings. The summed E-state index contributed by atoms with van der Waals surface area (Å²) in [5.74, 6) is 6.97. The third kappa shape index (κ3) is 1.51. The molecule has 0 amide bonds. The highest BCUT2D eigenvalue weighted by molar-refractivity contribution is 5.28. The van der Waals surface area contributed by atoms with Gasteiger partial charge in [0, 0.05) is 12.3 Å². The van der Waals surface area contributed by atoms with Crippen molar-refractivity contribution in [1.29, 1.82) is 0 Å². The summed E-state index contributed by atoms with van der Waals surface area (Å²) in [5, 5.41) is 0. The molecular formula is C12H12. The summed E-state index contributed by atoms with van der Waals surface area (Å²) >= 11 is 0. The van der Waals surface area contributed by atoms with Crippen molar-refractivity contribution in [1.82, 2.24) is 0 Å². The molecule has 0 heterocycles. The van der Waals surface area contributed by atoms with E-state index in [1.165, 1.54) is 18.4 Å². The second-order valence-corrected chi connectivity index (χ2v) is 3.18. The first-order valence-electron chi connectivity index (χ1n) is 4.50. The molecular weight excluding hydrogens is 144 g/mol. The van der Waals surface area contributed by atoms with Crippen molar-refractivity contribution in [3.63, 3.8) is 0 Å². The predicted octanol–water partition coefficient (Wildman–Crippen LogP) is 2.96. The van der Waals surface area contributed by atoms with E-state index >= 15 is 0 Å². The van der Waals surface area contributed by atoms with Crippen LogP contribution in [0.3, 0.4) is 0 Å². The van der Waals surface area contributed by atoms with Crippen molar-refractivity contribution in [3.05, 3.63) is 35.9 Å². The van der Waals surface area contributed by atoms with E-state index < -0.39 is 0 Å². The summed E-state index contributed by atoms with van der Waals surface area (Å²) in [5.41, 5.74) is 1.38. The molecule has 2 rings (SSSR count). The summed E-state index contributed by atoms with van der Waals surface area (Å²) in [7, 11) is 0. The quantitative estimate of drug-likeness (QED) is 0.548. The van der Waals surface area contributed by atoms with Gasteiger partial charge in [-0.3, -0.25) is 0 Å². The number of rotatable bonds is 1. The highest BCUT2D eigenvalue weighted by Crippen LogP contribution is 2.23. The van der Waals surface area contributed by atoms with Gasteiger partial charge in [-0.15, -0.1) is 5.92 Å². The highest BCUT2D eigenvalue weighted by atomic mass is 14.1. The fourth-order valence-electron chi connectivity index (χ4n) is 1.60. The third-order valence-corrected chi connectivity index (χ3v) is 2.27. The molecule has 0 spiro atoms. The van der Waals surface area contributed by atoms with Gasteiger partial charge in [-0.25, -0.2) is 0 Å². The average molecular weight is 156 g/mol. The van der Waals surface area contributed by atoms with Gasteiger partial charge in [0.2, 0.25) is 0 Å². The van der Waals surface area contributed by atoms with Crippen molar-refractivity contribution >= 4 is 0 Å². The predicted molar refractivity (Wildman–Crippen MR) is 50.8 cm³/mol. The molecule has 0 bridgehead atoms. The topological polar surface area (TPSA) is 0 Å². The zero-order valence-corrected chi connectivity index (χ0v) is 7.09. The molecule has 12 heavy (non-hydrogen) atoms. The lowest BCUT2D eigenvalue weighted by Crippen LogP contribution is -1.98. The smallest absolute Gasteiger partial charge is 0.0452 e. The molecule has 0 N–H and O–H groups in total. The monoisotopic (exact) mass is 156 g/mol. The van der Waals surface area contributed by atoms with E-state index in [-0.39, 0.29) is 0 Å². The zero-order valence-electron chi connectivity index (χ0n) is 7.09. The lowest BCUT2D eigenvalue weighted by Gasteiger charge is -2.12. The van der Waals surface area contributed by atoms with Crippen LogP contribution in [0.2, 0.25) is 0 Å². The Hall–Kier alpha value is -1.22. The second-order valence-electron chi connectivity index (χ2n) is 3.18. The number of hydrogen-bond donors (Lipinski definition) is 0. The maximum absolute atomic E-state index is 3.29. The Morgan fingerprint density at radius 1 is 1.17 bits per heavy atom. The Balaban J connectivity index is 2.23. The Bertz CT molecular complexity index is 300. The largest absolute Gasteiger partial charge is 0.103 e. The van der Waals surface area contributed by atoms with Gasteiger partial charge in [0.1, 0.15) is 0 Å². The molecule has 60 valence electrons. The van der Waals surface area contributed by atoms with Crippen molar-refractivity contribution < 1.29 is 0 Å². The Morgan fingerprint density at radius 2 is 2.00 bits per heavy atom. The molecule has 1 atom stereocenters. The first kappa shape index (κ1) is 7.43. The summed E-state index contributed by atoms with van der Waals surface area (Å²) in [6.45, 7) is 0. The fourth-order valence-corrected chi connectivity index (χ4v) is 1.60. The van der Waals surface area contributed by atoms with Crippen molar-refractivity contribution in [2.24, 2.45) is 0 Å². The van der Waals surface area contributed by atoms with Crippen LogP contribution in [-0.2, 0) is 0 Å². The van der Waals surface area contributed by atoms with Gasteiger partial charge in [-0.1, -0.05) is 36.3 Å². The van der Waals surface area contributed by atoms with Crippen LogP contribution in [0.1, 0.15) is 30.7 Å². The fraction of sp³-hybridized carbons (Fsp3) is 0.333. The first-order valence-corrected chi connectivity index (χ1v) is 4.50. The van der Waals surface area contributed by atoms with Crippen LogP contribution in [0.25, 0.3) is 0 Å². The molecule has 0 radical (unpaired) electrons. The first-order chi connectivity index (χ1) is 5.97. The number of benzene rings is 1. The van der Waals surface area contributed by atoms with Gasteiger partial charge >= 0.3 is 0 Å². The van der Waals surface area contributed by atoms with Crippen LogP contribution < -0.4 is 0 Å². The van der Waals surface area contributed by atoms with E-state index in [0.717, 1.165) is 6.42 Å². The van der Waals surface area contributed by atoms with Crippen LogP contribution in [0.5, 0.6) is 0 Å². The van der Waals surface area contributed by atoms with Gasteiger partial charge < -0.3 is 0 Å². The minimum Gasteiger partial charge on any atom is -0.103 e. The van der Waals surface area contributed by atoms with Crippen molar-refractivity contribution in [2.45, 2.75) is 25.2 Å². The van der Waals surface area contributed by atoms with Crippen LogP contribution in [0, 0.1) is 11.8 Å². The maximum Gasteiger partial charge on any atom is 0.0452 e. The maximum atomic E-state index is 3.29. The molecule has 1 unspecified atom stereocenters.